The summed E-state index contributed by atoms with van der Waals surface area (Å²) in [6.45, 7) is 0.0110. The van der Waals surface area contributed by atoms with Crippen LogP contribution in [0.5, 0.6) is 0 Å². The van der Waals surface area contributed by atoms with Crippen LogP contribution >= 0.6 is 0 Å². The average Bonchev–Trinajstić information content (AvgIpc) is 2.39. The Hall–Kier alpha value is -1.01. The minimum atomic E-state index is -2.93. The van der Waals surface area contributed by atoms with E-state index in [1.54, 1.807) is 6.20 Å². The SMILES string of the molecule is O=S1(=O)CCc2cnc(CCO)nc2CC1. The van der Waals surface area contributed by atoms with Gasteiger partial charge in [0, 0.05) is 24.7 Å². The predicted octanol–water partition coefficient (Wildman–Crippen LogP) is -0.475. The molecule has 88 valence electrons. The summed E-state index contributed by atoms with van der Waals surface area (Å²) in [5.74, 6) is 0.929. The summed E-state index contributed by atoms with van der Waals surface area (Å²) in [4.78, 5) is 8.40. The maximum absolute atomic E-state index is 11.5. The van der Waals surface area contributed by atoms with E-state index < -0.39 is 9.84 Å². The van der Waals surface area contributed by atoms with Gasteiger partial charge in [0.05, 0.1) is 18.1 Å². The highest BCUT2D eigenvalue weighted by atomic mass is 32.2. The Bertz CT molecular complexity index is 485. The van der Waals surface area contributed by atoms with Gasteiger partial charge >= 0.3 is 0 Å². The second-order valence-electron chi connectivity index (χ2n) is 3.88. The Morgan fingerprint density at radius 2 is 2.06 bits per heavy atom. The zero-order chi connectivity index (χ0) is 11.6. The van der Waals surface area contributed by atoms with Crippen LogP contribution in [0.1, 0.15) is 17.1 Å². The Labute approximate surface area is 94.5 Å². The van der Waals surface area contributed by atoms with Gasteiger partial charge in [0.15, 0.2) is 9.84 Å². The standard InChI is InChI=1S/C10H14N2O3S/c13-4-1-10-11-7-8-2-5-16(14,15)6-3-9(8)12-10/h7,13H,1-6H2. The molecule has 1 aliphatic rings. The molecule has 2 heterocycles. The van der Waals surface area contributed by atoms with Gasteiger partial charge < -0.3 is 5.11 Å². The van der Waals surface area contributed by atoms with Crippen LogP contribution in [-0.4, -0.2) is 41.6 Å². The molecule has 0 bridgehead atoms. The molecular weight excluding hydrogens is 228 g/mol. The first kappa shape index (κ1) is 11.5. The summed E-state index contributed by atoms with van der Waals surface area (Å²) in [7, 11) is -2.93. The summed E-state index contributed by atoms with van der Waals surface area (Å²) >= 11 is 0. The third-order valence-corrected chi connectivity index (χ3v) is 4.32. The minimum absolute atomic E-state index is 0.0110. The molecule has 0 unspecified atom stereocenters. The first-order valence-corrected chi connectivity index (χ1v) is 7.08. The molecule has 1 N–H and O–H groups in total. The van der Waals surface area contributed by atoms with Crippen molar-refractivity contribution in [2.24, 2.45) is 0 Å². The molecule has 2 rings (SSSR count). The van der Waals surface area contributed by atoms with Crippen molar-refractivity contribution in [3.05, 3.63) is 23.3 Å². The lowest BCUT2D eigenvalue weighted by atomic mass is 10.1. The van der Waals surface area contributed by atoms with Crippen LogP contribution in [-0.2, 0) is 29.1 Å². The van der Waals surface area contributed by atoms with Gasteiger partial charge in [-0.1, -0.05) is 0 Å². The molecule has 1 aromatic rings. The Kier molecular flexibility index (Phi) is 3.20. The zero-order valence-electron chi connectivity index (χ0n) is 8.89. The second kappa shape index (κ2) is 4.47. The molecule has 0 atom stereocenters. The van der Waals surface area contributed by atoms with Crippen molar-refractivity contribution in [2.45, 2.75) is 19.3 Å². The van der Waals surface area contributed by atoms with E-state index in [2.05, 4.69) is 9.97 Å². The van der Waals surface area contributed by atoms with Gasteiger partial charge in [0.1, 0.15) is 5.82 Å². The molecule has 6 heteroatoms. The van der Waals surface area contributed by atoms with Gasteiger partial charge in [-0.2, -0.15) is 0 Å². The maximum atomic E-state index is 11.5. The number of aromatic nitrogens is 2. The number of sulfone groups is 1. The molecule has 1 aliphatic heterocycles. The van der Waals surface area contributed by atoms with Gasteiger partial charge in [-0.15, -0.1) is 0 Å². The van der Waals surface area contributed by atoms with E-state index >= 15 is 0 Å². The molecule has 0 fully saturated rings. The van der Waals surface area contributed by atoms with Crippen LogP contribution in [0.4, 0.5) is 0 Å². The molecular formula is C10H14N2O3S. The number of hydrogen-bond donors (Lipinski definition) is 1. The van der Waals surface area contributed by atoms with Gasteiger partial charge in [0.2, 0.25) is 0 Å². The van der Waals surface area contributed by atoms with Gasteiger partial charge in [-0.25, -0.2) is 18.4 Å². The lowest BCUT2D eigenvalue weighted by Crippen LogP contribution is -2.10. The Morgan fingerprint density at radius 3 is 2.81 bits per heavy atom. The highest BCUT2D eigenvalue weighted by molar-refractivity contribution is 7.91. The topological polar surface area (TPSA) is 80.2 Å². The predicted molar refractivity (Wildman–Crippen MR) is 58.9 cm³/mol. The van der Waals surface area contributed by atoms with Crippen LogP contribution in [0.15, 0.2) is 6.20 Å². The minimum Gasteiger partial charge on any atom is -0.396 e. The highest BCUT2D eigenvalue weighted by Gasteiger charge is 2.19. The molecule has 0 saturated heterocycles. The molecule has 0 radical (unpaired) electrons. The third-order valence-electron chi connectivity index (χ3n) is 2.67. The molecule has 0 aliphatic carbocycles. The van der Waals surface area contributed by atoms with E-state index in [4.69, 9.17) is 5.11 Å². The van der Waals surface area contributed by atoms with E-state index in [0.717, 1.165) is 11.3 Å². The van der Waals surface area contributed by atoms with Crippen molar-refractivity contribution in [1.82, 2.24) is 9.97 Å². The number of fused-ring (bicyclic) bond motifs is 1. The number of aryl methyl sites for hydroxylation is 2. The lowest BCUT2D eigenvalue weighted by molar-refractivity contribution is 0.296. The molecule has 0 amide bonds. The van der Waals surface area contributed by atoms with E-state index in [1.807, 2.05) is 0 Å². The van der Waals surface area contributed by atoms with Crippen molar-refractivity contribution in [2.75, 3.05) is 18.1 Å². The van der Waals surface area contributed by atoms with E-state index in [9.17, 15) is 8.42 Å². The number of aliphatic hydroxyl groups excluding tert-OH is 1. The van der Waals surface area contributed by atoms with Crippen molar-refractivity contribution in [3.8, 4) is 0 Å². The summed E-state index contributed by atoms with van der Waals surface area (Å²) in [6.07, 6.45) is 3.06. The number of aliphatic hydroxyl groups is 1. The summed E-state index contributed by atoms with van der Waals surface area (Å²) in [5.41, 5.74) is 1.74. The average molecular weight is 242 g/mol. The van der Waals surface area contributed by atoms with Crippen molar-refractivity contribution in [1.29, 1.82) is 0 Å². The number of nitrogens with zero attached hydrogens (tertiary/aromatic N) is 2. The summed E-state index contributed by atoms with van der Waals surface area (Å²) in [6, 6.07) is 0. The molecule has 1 aromatic heterocycles. The normalized spacial score (nSPS) is 18.8. The quantitative estimate of drug-likeness (QED) is 0.758. The van der Waals surface area contributed by atoms with Crippen LogP contribution in [0.3, 0.4) is 0 Å². The number of hydrogen-bond acceptors (Lipinski definition) is 5. The van der Waals surface area contributed by atoms with Crippen molar-refractivity contribution < 1.29 is 13.5 Å². The number of rotatable bonds is 2. The zero-order valence-corrected chi connectivity index (χ0v) is 9.70. The van der Waals surface area contributed by atoms with Crippen LogP contribution in [0.2, 0.25) is 0 Å². The fourth-order valence-corrected chi connectivity index (χ4v) is 2.99. The molecule has 0 aromatic carbocycles. The molecule has 0 saturated carbocycles. The largest absolute Gasteiger partial charge is 0.396 e. The third kappa shape index (κ3) is 2.56. The van der Waals surface area contributed by atoms with Crippen LogP contribution in [0, 0.1) is 0 Å². The second-order valence-corrected chi connectivity index (χ2v) is 6.19. The van der Waals surface area contributed by atoms with Gasteiger partial charge in [-0.3, -0.25) is 0 Å². The van der Waals surface area contributed by atoms with E-state index in [1.165, 1.54) is 0 Å². The Balaban J connectivity index is 2.28. The molecule has 5 nitrogen and oxygen atoms in total. The summed E-state index contributed by atoms with van der Waals surface area (Å²) in [5, 5.41) is 8.79. The van der Waals surface area contributed by atoms with E-state index in [-0.39, 0.29) is 18.1 Å². The first-order chi connectivity index (χ1) is 7.61. The highest BCUT2D eigenvalue weighted by Crippen LogP contribution is 2.14. The molecule has 16 heavy (non-hydrogen) atoms. The van der Waals surface area contributed by atoms with Gasteiger partial charge in [-0.05, 0) is 12.0 Å². The van der Waals surface area contributed by atoms with Crippen molar-refractivity contribution >= 4 is 9.84 Å². The van der Waals surface area contributed by atoms with Crippen LogP contribution in [0.25, 0.3) is 0 Å². The first-order valence-electron chi connectivity index (χ1n) is 5.26. The maximum Gasteiger partial charge on any atom is 0.151 e. The smallest absolute Gasteiger partial charge is 0.151 e. The lowest BCUT2D eigenvalue weighted by Gasteiger charge is -2.04. The monoisotopic (exact) mass is 242 g/mol. The van der Waals surface area contributed by atoms with Gasteiger partial charge in [0.25, 0.3) is 0 Å². The molecule has 0 spiro atoms. The van der Waals surface area contributed by atoms with Crippen LogP contribution < -0.4 is 0 Å². The van der Waals surface area contributed by atoms with E-state index in [0.29, 0.717) is 25.1 Å². The Morgan fingerprint density at radius 1 is 1.31 bits per heavy atom. The summed E-state index contributed by atoms with van der Waals surface area (Å²) < 4.78 is 22.9. The van der Waals surface area contributed by atoms with Crippen molar-refractivity contribution in [3.63, 3.8) is 0 Å². The fourth-order valence-electron chi connectivity index (χ4n) is 1.75. The fraction of sp³-hybridized carbons (Fsp3) is 0.600.